The van der Waals surface area contributed by atoms with Crippen LogP contribution in [0.4, 0.5) is 4.79 Å². The number of amides is 2. The van der Waals surface area contributed by atoms with Crippen molar-refractivity contribution in [2.75, 3.05) is 19.6 Å². The van der Waals surface area contributed by atoms with Gasteiger partial charge in [-0.05, 0) is 43.4 Å². The predicted octanol–water partition coefficient (Wildman–Crippen LogP) is 1.96. The van der Waals surface area contributed by atoms with Crippen molar-refractivity contribution in [2.24, 2.45) is 5.92 Å². The number of hydrogen-bond donors (Lipinski definition) is 2. The van der Waals surface area contributed by atoms with Crippen LogP contribution in [0.1, 0.15) is 23.1 Å². The van der Waals surface area contributed by atoms with Crippen LogP contribution in [-0.4, -0.2) is 41.6 Å². The number of aryl methyl sites for hydroxylation is 2. The first-order chi connectivity index (χ1) is 9.99. The predicted molar refractivity (Wildman–Crippen MR) is 80.3 cm³/mol. The van der Waals surface area contributed by atoms with Crippen molar-refractivity contribution in [3.05, 3.63) is 34.9 Å². The Labute approximate surface area is 125 Å². The standard InChI is InChI=1S/C16H22N2O3/c1-11-4-3-5-12(2)14(11)6-8-17-16(21)18-9-7-13(10-18)15(19)20/h3-5,13H,6-10H2,1-2H3,(H,17,21)(H,19,20). The first-order valence-corrected chi connectivity index (χ1v) is 7.29. The molecule has 2 rings (SSSR count). The maximum atomic E-state index is 12.0. The van der Waals surface area contributed by atoms with E-state index in [-0.39, 0.29) is 6.03 Å². The Balaban J connectivity index is 1.81. The van der Waals surface area contributed by atoms with Gasteiger partial charge in [0, 0.05) is 19.6 Å². The number of nitrogens with zero attached hydrogens (tertiary/aromatic N) is 1. The van der Waals surface area contributed by atoms with Crippen molar-refractivity contribution in [3.8, 4) is 0 Å². The third kappa shape index (κ3) is 3.74. The summed E-state index contributed by atoms with van der Waals surface area (Å²) in [5.74, 6) is -1.24. The van der Waals surface area contributed by atoms with E-state index < -0.39 is 11.9 Å². The number of rotatable bonds is 4. The lowest BCUT2D eigenvalue weighted by atomic mass is 10.0. The number of carbonyl (C=O) groups is 2. The minimum atomic E-state index is -0.819. The Morgan fingerprint density at radius 1 is 1.33 bits per heavy atom. The number of nitrogens with one attached hydrogen (secondary N) is 1. The van der Waals surface area contributed by atoms with Gasteiger partial charge in [-0.2, -0.15) is 0 Å². The topological polar surface area (TPSA) is 69.6 Å². The van der Waals surface area contributed by atoms with Crippen molar-refractivity contribution in [3.63, 3.8) is 0 Å². The van der Waals surface area contributed by atoms with E-state index in [0.717, 1.165) is 6.42 Å². The van der Waals surface area contributed by atoms with E-state index in [9.17, 15) is 9.59 Å². The zero-order chi connectivity index (χ0) is 15.4. The number of carboxylic acid groups (broad SMARTS) is 1. The molecule has 114 valence electrons. The van der Waals surface area contributed by atoms with Gasteiger partial charge in [-0.3, -0.25) is 4.79 Å². The molecule has 0 bridgehead atoms. The molecule has 1 aliphatic rings. The number of carboxylic acids is 1. The molecule has 1 atom stereocenters. The van der Waals surface area contributed by atoms with E-state index in [0.29, 0.717) is 26.1 Å². The molecule has 1 fully saturated rings. The molecule has 21 heavy (non-hydrogen) atoms. The SMILES string of the molecule is Cc1cccc(C)c1CCNC(=O)N1CCC(C(=O)O)C1. The average molecular weight is 290 g/mol. The van der Waals surface area contributed by atoms with Gasteiger partial charge in [-0.15, -0.1) is 0 Å². The van der Waals surface area contributed by atoms with E-state index in [2.05, 4.69) is 31.3 Å². The maximum absolute atomic E-state index is 12.0. The highest BCUT2D eigenvalue weighted by Gasteiger charge is 2.30. The summed E-state index contributed by atoms with van der Waals surface area (Å²) < 4.78 is 0. The van der Waals surface area contributed by atoms with E-state index in [4.69, 9.17) is 5.11 Å². The van der Waals surface area contributed by atoms with Crippen LogP contribution in [0.15, 0.2) is 18.2 Å². The fourth-order valence-corrected chi connectivity index (χ4v) is 2.80. The molecular weight excluding hydrogens is 268 g/mol. The lowest BCUT2D eigenvalue weighted by Crippen LogP contribution is -2.39. The first-order valence-electron chi connectivity index (χ1n) is 7.29. The Kier molecular flexibility index (Phi) is 4.83. The third-order valence-corrected chi connectivity index (χ3v) is 4.12. The van der Waals surface area contributed by atoms with Crippen LogP contribution in [0.5, 0.6) is 0 Å². The molecule has 0 aromatic heterocycles. The number of benzene rings is 1. The van der Waals surface area contributed by atoms with Gasteiger partial charge in [0.2, 0.25) is 0 Å². The normalized spacial score (nSPS) is 17.8. The van der Waals surface area contributed by atoms with Crippen LogP contribution in [0, 0.1) is 19.8 Å². The molecule has 0 aliphatic carbocycles. The fraction of sp³-hybridized carbons (Fsp3) is 0.500. The van der Waals surface area contributed by atoms with Crippen LogP contribution < -0.4 is 5.32 Å². The second-order valence-electron chi connectivity index (χ2n) is 5.62. The highest BCUT2D eigenvalue weighted by molar-refractivity contribution is 5.77. The van der Waals surface area contributed by atoms with Crippen LogP contribution in [0.3, 0.4) is 0 Å². The molecule has 1 heterocycles. The van der Waals surface area contributed by atoms with E-state index in [1.165, 1.54) is 16.7 Å². The largest absolute Gasteiger partial charge is 0.481 e. The summed E-state index contributed by atoms with van der Waals surface area (Å²) in [5, 5.41) is 11.8. The molecule has 0 saturated carbocycles. The number of urea groups is 1. The molecule has 1 aromatic carbocycles. The summed E-state index contributed by atoms with van der Waals surface area (Å²) in [6.45, 7) is 5.54. The molecular formula is C16H22N2O3. The lowest BCUT2D eigenvalue weighted by Gasteiger charge is -2.17. The molecule has 5 nitrogen and oxygen atoms in total. The van der Waals surface area contributed by atoms with Gasteiger partial charge in [0.25, 0.3) is 0 Å². The first kappa shape index (κ1) is 15.4. The monoisotopic (exact) mass is 290 g/mol. The molecule has 1 aliphatic heterocycles. The number of likely N-dealkylation sites (tertiary alicyclic amines) is 1. The average Bonchev–Trinajstić information content (AvgIpc) is 2.92. The number of hydrogen-bond acceptors (Lipinski definition) is 2. The summed E-state index contributed by atoms with van der Waals surface area (Å²) >= 11 is 0. The van der Waals surface area contributed by atoms with E-state index in [1.807, 2.05) is 6.07 Å². The minimum absolute atomic E-state index is 0.162. The minimum Gasteiger partial charge on any atom is -0.481 e. The van der Waals surface area contributed by atoms with Gasteiger partial charge in [0.05, 0.1) is 5.92 Å². The lowest BCUT2D eigenvalue weighted by molar-refractivity contribution is -0.141. The van der Waals surface area contributed by atoms with Crippen LogP contribution >= 0.6 is 0 Å². The van der Waals surface area contributed by atoms with Gasteiger partial charge in [-0.25, -0.2) is 4.79 Å². The number of carbonyl (C=O) groups excluding carboxylic acids is 1. The van der Waals surface area contributed by atoms with E-state index in [1.54, 1.807) is 4.90 Å². The van der Waals surface area contributed by atoms with Gasteiger partial charge >= 0.3 is 12.0 Å². The van der Waals surface area contributed by atoms with Crippen LogP contribution in [0.2, 0.25) is 0 Å². The Bertz CT molecular complexity index is 522. The summed E-state index contributed by atoms with van der Waals surface area (Å²) in [5.41, 5.74) is 3.73. The second-order valence-corrected chi connectivity index (χ2v) is 5.62. The smallest absolute Gasteiger partial charge is 0.317 e. The Morgan fingerprint density at radius 3 is 2.57 bits per heavy atom. The quantitative estimate of drug-likeness (QED) is 0.890. The highest BCUT2D eigenvalue weighted by Crippen LogP contribution is 2.16. The Hall–Kier alpha value is -2.04. The zero-order valence-electron chi connectivity index (χ0n) is 12.6. The molecule has 0 radical (unpaired) electrons. The van der Waals surface area contributed by atoms with Crippen molar-refractivity contribution in [2.45, 2.75) is 26.7 Å². The van der Waals surface area contributed by atoms with Crippen LogP contribution in [-0.2, 0) is 11.2 Å². The summed E-state index contributed by atoms with van der Waals surface area (Å²) in [6, 6.07) is 6.01. The maximum Gasteiger partial charge on any atom is 0.317 e. The van der Waals surface area contributed by atoms with Gasteiger partial charge in [0.1, 0.15) is 0 Å². The Morgan fingerprint density at radius 2 is 2.00 bits per heavy atom. The van der Waals surface area contributed by atoms with Gasteiger partial charge in [-0.1, -0.05) is 18.2 Å². The van der Waals surface area contributed by atoms with Crippen LogP contribution in [0.25, 0.3) is 0 Å². The summed E-state index contributed by atoms with van der Waals surface area (Å²) in [4.78, 5) is 24.5. The number of aliphatic carboxylic acids is 1. The van der Waals surface area contributed by atoms with Crippen molar-refractivity contribution < 1.29 is 14.7 Å². The fourth-order valence-electron chi connectivity index (χ4n) is 2.80. The van der Waals surface area contributed by atoms with Crippen molar-refractivity contribution in [1.29, 1.82) is 0 Å². The van der Waals surface area contributed by atoms with Gasteiger partial charge in [0.15, 0.2) is 0 Å². The summed E-state index contributed by atoms with van der Waals surface area (Å²) in [7, 11) is 0. The molecule has 1 aromatic rings. The summed E-state index contributed by atoms with van der Waals surface area (Å²) in [6.07, 6.45) is 1.33. The molecule has 2 N–H and O–H groups in total. The van der Waals surface area contributed by atoms with Gasteiger partial charge < -0.3 is 15.3 Å². The molecule has 0 spiro atoms. The highest BCUT2D eigenvalue weighted by atomic mass is 16.4. The molecule has 1 saturated heterocycles. The molecule has 1 unspecified atom stereocenters. The third-order valence-electron chi connectivity index (χ3n) is 4.12. The van der Waals surface area contributed by atoms with Crippen molar-refractivity contribution >= 4 is 12.0 Å². The zero-order valence-corrected chi connectivity index (χ0v) is 12.6. The van der Waals surface area contributed by atoms with E-state index >= 15 is 0 Å². The molecule has 5 heteroatoms. The van der Waals surface area contributed by atoms with Crippen molar-refractivity contribution in [1.82, 2.24) is 10.2 Å². The second kappa shape index (κ2) is 6.61. The molecule has 2 amide bonds.